The highest BCUT2D eigenvalue weighted by atomic mass is 79.9. The summed E-state index contributed by atoms with van der Waals surface area (Å²) < 4.78 is 15.3. The van der Waals surface area contributed by atoms with E-state index in [1.165, 1.54) is 6.07 Å². The second kappa shape index (κ2) is 5.20. The number of hydrogen-bond donors (Lipinski definition) is 1. The Hall–Kier alpha value is -1.95. The van der Waals surface area contributed by atoms with E-state index < -0.39 is 0 Å². The molecule has 0 fully saturated rings. The van der Waals surface area contributed by atoms with E-state index >= 15 is 0 Å². The van der Waals surface area contributed by atoms with Gasteiger partial charge in [0.05, 0.1) is 10.2 Å². The third kappa shape index (κ3) is 2.65. The lowest BCUT2D eigenvalue weighted by molar-refractivity contribution is 0.621. The van der Waals surface area contributed by atoms with Gasteiger partial charge in [0.15, 0.2) is 5.65 Å². The molecule has 0 aliphatic heterocycles. The normalized spacial score (nSPS) is 10.9. The maximum atomic E-state index is 13.1. The van der Waals surface area contributed by atoms with Crippen molar-refractivity contribution in [3.05, 3.63) is 58.2 Å². The number of nitrogens with one attached hydrogen (secondary N) is 1. The van der Waals surface area contributed by atoms with Crippen molar-refractivity contribution >= 4 is 27.3 Å². The molecule has 0 amide bonds. The average Bonchev–Trinajstić information content (AvgIpc) is 2.79. The van der Waals surface area contributed by atoms with Gasteiger partial charge in [0.25, 0.3) is 0 Å². The van der Waals surface area contributed by atoms with Crippen molar-refractivity contribution < 1.29 is 4.39 Å². The minimum absolute atomic E-state index is 0.273. The van der Waals surface area contributed by atoms with Crippen LogP contribution in [0.2, 0.25) is 0 Å². The summed E-state index contributed by atoms with van der Waals surface area (Å²) in [7, 11) is 0. The van der Waals surface area contributed by atoms with Crippen molar-refractivity contribution in [3.8, 4) is 0 Å². The predicted molar refractivity (Wildman–Crippen MR) is 79.2 cm³/mol. The van der Waals surface area contributed by atoms with Crippen molar-refractivity contribution in [2.75, 3.05) is 5.32 Å². The summed E-state index contributed by atoms with van der Waals surface area (Å²) in [5.74, 6) is -0.273. The summed E-state index contributed by atoms with van der Waals surface area (Å²) in [6.45, 7) is 2.53. The first-order valence-corrected chi connectivity index (χ1v) is 6.91. The van der Waals surface area contributed by atoms with Crippen LogP contribution in [0.4, 0.5) is 10.1 Å². The smallest absolute Gasteiger partial charge is 0.155 e. The second-order valence-corrected chi connectivity index (χ2v) is 5.39. The first-order chi connectivity index (χ1) is 9.61. The molecule has 0 spiro atoms. The van der Waals surface area contributed by atoms with E-state index in [0.29, 0.717) is 11.0 Å². The van der Waals surface area contributed by atoms with Crippen molar-refractivity contribution in [2.24, 2.45) is 0 Å². The van der Waals surface area contributed by atoms with Gasteiger partial charge in [-0.05, 0) is 41.1 Å². The molecule has 0 bridgehead atoms. The Kier molecular flexibility index (Phi) is 3.40. The highest BCUT2D eigenvalue weighted by molar-refractivity contribution is 9.10. The van der Waals surface area contributed by atoms with Gasteiger partial charge in [-0.3, -0.25) is 0 Å². The molecule has 4 nitrogen and oxygen atoms in total. The fraction of sp³-hybridized carbons (Fsp3) is 0.143. The molecular weight excluding hydrogens is 323 g/mol. The topological polar surface area (TPSA) is 42.2 Å². The van der Waals surface area contributed by atoms with Crippen LogP contribution in [0, 0.1) is 12.7 Å². The quantitative estimate of drug-likeness (QED) is 0.796. The standard InChI is InChI=1S/C14H12BrFN4/c1-9-4-14-18-7-10(8-20(14)19-9)6-17-11-2-3-13(16)12(15)5-11/h2-5,7-8,17H,6H2,1H3. The summed E-state index contributed by atoms with van der Waals surface area (Å²) in [6, 6.07) is 6.75. The van der Waals surface area contributed by atoms with Gasteiger partial charge in [0.2, 0.25) is 0 Å². The van der Waals surface area contributed by atoms with E-state index in [1.54, 1.807) is 16.6 Å². The molecule has 0 atom stereocenters. The SMILES string of the molecule is Cc1cc2ncc(CNc3ccc(F)c(Br)c3)cn2n1. The van der Waals surface area contributed by atoms with E-state index in [2.05, 4.69) is 31.3 Å². The Morgan fingerprint density at radius 1 is 1.35 bits per heavy atom. The molecule has 0 saturated carbocycles. The average molecular weight is 335 g/mol. The van der Waals surface area contributed by atoms with E-state index in [9.17, 15) is 4.39 Å². The van der Waals surface area contributed by atoms with Crippen molar-refractivity contribution in [2.45, 2.75) is 13.5 Å². The molecule has 0 saturated heterocycles. The molecule has 20 heavy (non-hydrogen) atoms. The molecular formula is C14H12BrFN4. The number of fused-ring (bicyclic) bond motifs is 1. The highest BCUT2D eigenvalue weighted by Crippen LogP contribution is 2.20. The Bertz CT molecular complexity index is 769. The zero-order chi connectivity index (χ0) is 14.1. The summed E-state index contributed by atoms with van der Waals surface area (Å²) in [5, 5.41) is 7.55. The van der Waals surface area contributed by atoms with Crippen LogP contribution in [0.15, 0.2) is 41.1 Å². The van der Waals surface area contributed by atoms with Gasteiger partial charge in [0.1, 0.15) is 5.82 Å². The zero-order valence-corrected chi connectivity index (χ0v) is 12.4. The summed E-state index contributed by atoms with van der Waals surface area (Å²) >= 11 is 3.17. The minimum atomic E-state index is -0.273. The second-order valence-electron chi connectivity index (χ2n) is 4.53. The number of aromatic nitrogens is 3. The Morgan fingerprint density at radius 3 is 3.00 bits per heavy atom. The van der Waals surface area contributed by atoms with E-state index in [1.807, 2.05) is 25.4 Å². The zero-order valence-electron chi connectivity index (χ0n) is 10.8. The summed E-state index contributed by atoms with van der Waals surface area (Å²) in [4.78, 5) is 4.34. The Labute approximate surface area is 123 Å². The summed E-state index contributed by atoms with van der Waals surface area (Å²) in [6.07, 6.45) is 3.74. The van der Waals surface area contributed by atoms with Gasteiger partial charge in [-0.15, -0.1) is 0 Å². The van der Waals surface area contributed by atoms with Crippen LogP contribution in [0.3, 0.4) is 0 Å². The summed E-state index contributed by atoms with van der Waals surface area (Å²) in [5.41, 5.74) is 3.61. The molecule has 0 radical (unpaired) electrons. The third-order valence-electron chi connectivity index (χ3n) is 2.91. The van der Waals surface area contributed by atoms with E-state index in [-0.39, 0.29) is 5.82 Å². The molecule has 0 unspecified atom stereocenters. The van der Waals surface area contributed by atoms with Gasteiger partial charge >= 0.3 is 0 Å². The number of halogens is 2. The van der Waals surface area contributed by atoms with Crippen LogP contribution in [0.1, 0.15) is 11.3 Å². The number of hydrogen-bond acceptors (Lipinski definition) is 3. The monoisotopic (exact) mass is 334 g/mol. The minimum Gasteiger partial charge on any atom is -0.381 e. The molecule has 6 heteroatoms. The van der Waals surface area contributed by atoms with Crippen molar-refractivity contribution in [1.82, 2.24) is 14.6 Å². The maximum absolute atomic E-state index is 13.1. The molecule has 3 rings (SSSR count). The molecule has 0 aliphatic rings. The van der Waals surface area contributed by atoms with Crippen LogP contribution < -0.4 is 5.32 Å². The number of aryl methyl sites for hydroxylation is 1. The van der Waals surface area contributed by atoms with Gasteiger partial charge in [-0.2, -0.15) is 5.10 Å². The van der Waals surface area contributed by atoms with Crippen molar-refractivity contribution in [3.63, 3.8) is 0 Å². The van der Waals surface area contributed by atoms with Crippen LogP contribution in [0.5, 0.6) is 0 Å². The predicted octanol–water partition coefficient (Wildman–Crippen LogP) is 3.55. The van der Waals surface area contributed by atoms with Crippen LogP contribution in [-0.4, -0.2) is 14.6 Å². The van der Waals surface area contributed by atoms with Gasteiger partial charge in [0, 0.05) is 36.3 Å². The first kappa shape index (κ1) is 13.1. The Balaban J connectivity index is 1.77. The molecule has 1 N–H and O–H groups in total. The van der Waals surface area contributed by atoms with Crippen LogP contribution >= 0.6 is 15.9 Å². The molecule has 102 valence electrons. The van der Waals surface area contributed by atoms with Gasteiger partial charge in [-0.25, -0.2) is 13.9 Å². The highest BCUT2D eigenvalue weighted by Gasteiger charge is 2.03. The molecule has 0 aliphatic carbocycles. The van der Waals surface area contributed by atoms with Crippen molar-refractivity contribution in [1.29, 1.82) is 0 Å². The lowest BCUT2D eigenvalue weighted by atomic mass is 10.3. The first-order valence-electron chi connectivity index (χ1n) is 6.12. The van der Waals surface area contributed by atoms with E-state index in [0.717, 1.165) is 22.6 Å². The van der Waals surface area contributed by atoms with Crippen LogP contribution in [-0.2, 0) is 6.54 Å². The fourth-order valence-corrected chi connectivity index (χ4v) is 2.31. The largest absolute Gasteiger partial charge is 0.381 e. The van der Waals surface area contributed by atoms with Gasteiger partial charge < -0.3 is 5.32 Å². The number of benzene rings is 1. The Morgan fingerprint density at radius 2 is 2.20 bits per heavy atom. The lowest BCUT2D eigenvalue weighted by Crippen LogP contribution is -2.02. The van der Waals surface area contributed by atoms with Crippen LogP contribution in [0.25, 0.3) is 5.65 Å². The maximum Gasteiger partial charge on any atom is 0.155 e. The molecule has 1 aromatic carbocycles. The lowest BCUT2D eigenvalue weighted by Gasteiger charge is -2.07. The number of nitrogens with zero attached hydrogens (tertiary/aromatic N) is 3. The molecule has 3 aromatic rings. The third-order valence-corrected chi connectivity index (χ3v) is 3.51. The number of anilines is 1. The van der Waals surface area contributed by atoms with E-state index in [4.69, 9.17) is 0 Å². The fourth-order valence-electron chi connectivity index (χ4n) is 1.94. The molecule has 2 heterocycles. The number of rotatable bonds is 3. The molecule has 2 aromatic heterocycles. The van der Waals surface area contributed by atoms with Gasteiger partial charge in [-0.1, -0.05) is 0 Å².